The van der Waals surface area contributed by atoms with E-state index in [2.05, 4.69) is 36.6 Å². The van der Waals surface area contributed by atoms with E-state index in [0.29, 0.717) is 12.5 Å². The van der Waals surface area contributed by atoms with Gasteiger partial charge in [0.2, 0.25) is 5.95 Å². The molecule has 1 aromatic carbocycles. The van der Waals surface area contributed by atoms with Crippen LogP contribution >= 0.6 is 0 Å². The first kappa shape index (κ1) is 13.2. The summed E-state index contributed by atoms with van der Waals surface area (Å²) in [5.74, 6) is 1.61. The minimum atomic E-state index is 0.638. The molecule has 3 aromatic rings. The summed E-state index contributed by atoms with van der Waals surface area (Å²) in [4.78, 5) is 18.5. The zero-order chi connectivity index (χ0) is 14.5. The van der Waals surface area contributed by atoms with E-state index < -0.39 is 0 Å². The van der Waals surface area contributed by atoms with Crippen molar-refractivity contribution < 1.29 is 0 Å². The highest BCUT2D eigenvalue weighted by atomic mass is 15.3. The number of hydrogen-bond acceptors (Lipinski definition) is 5. The molecule has 6 heteroatoms. The maximum atomic E-state index is 4.43. The molecule has 0 amide bonds. The van der Waals surface area contributed by atoms with Gasteiger partial charge in [-0.2, -0.15) is 0 Å². The van der Waals surface area contributed by atoms with Crippen LogP contribution in [0.15, 0.2) is 55.4 Å². The minimum absolute atomic E-state index is 0.638. The molecular weight excluding hydrogens is 264 g/mol. The Labute approximate surface area is 123 Å². The molecule has 0 fully saturated rings. The van der Waals surface area contributed by atoms with Crippen molar-refractivity contribution in [3.8, 4) is 0 Å². The molecule has 6 nitrogen and oxygen atoms in total. The molecule has 3 rings (SSSR count). The Bertz CT molecular complexity index is 680. The summed E-state index contributed by atoms with van der Waals surface area (Å²) in [7, 11) is 1.94. The molecule has 2 aromatic heterocycles. The van der Waals surface area contributed by atoms with Crippen molar-refractivity contribution in [1.82, 2.24) is 24.5 Å². The van der Waals surface area contributed by atoms with Crippen molar-refractivity contribution in [2.24, 2.45) is 0 Å². The molecule has 0 saturated heterocycles. The number of aromatic nitrogens is 5. The van der Waals surface area contributed by atoms with Crippen LogP contribution < -0.4 is 4.90 Å². The first-order chi connectivity index (χ1) is 10.3. The third-order valence-electron chi connectivity index (χ3n) is 3.20. The summed E-state index contributed by atoms with van der Waals surface area (Å²) in [6, 6.07) is 10.3. The molecule has 0 aliphatic rings. The van der Waals surface area contributed by atoms with Crippen molar-refractivity contribution >= 4 is 5.95 Å². The molecule has 0 aliphatic heterocycles. The Morgan fingerprint density at radius 2 is 1.81 bits per heavy atom. The predicted octanol–water partition coefficient (Wildman–Crippen LogP) is 1.75. The predicted molar refractivity (Wildman–Crippen MR) is 79.7 cm³/mol. The highest BCUT2D eigenvalue weighted by Gasteiger charge is 2.09. The van der Waals surface area contributed by atoms with E-state index in [4.69, 9.17) is 0 Å². The number of benzene rings is 1. The smallest absolute Gasteiger partial charge is 0.228 e. The fourth-order valence-electron chi connectivity index (χ4n) is 2.13. The highest BCUT2D eigenvalue weighted by molar-refractivity contribution is 5.26. The van der Waals surface area contributed by atoms with Crippen molar-refractivity contribution in [2.75, 3.05) is 11.9 Å². The third kappa shape index (κ3) is 3.22. The van der Waals surface area contributed by atoms with Gasteiger partial charge in [0.1, 0.15) is 18.5 Å². The lowest BCUT2D eigenvalue weighted by atomic mass is 10.2. The van der Waals surface area contributed by atoms with Gasteiger partial charge in [-0.1, -0.05) is 30.3 Å². The Morgan fingerprint density at radius 1 is 1.05 bits per heavy atom. The van der Waals surface area contributed by atoms with Crippen LogP contribution in [0.5, 0.6) is 0 Å². The molecule has 21 heavy (non-hydrogen) atoms. The molecule has 0 N–H and O–H groups in total. The van der Waals surface area contributed by atoms with Gasteiger partial charge in [0.05, 0.1) is 6.54 Å². The zero-order valence-corrected chi connectivity index (χ0v) is 11.8. The molecule has 0 aliphatic carbocycles. The van der Waals surface area contributed by atoms with Crippen LogP contribution in [0, 0.1) is 0 Å². The van der Waals surface area contributed by atoms with Crippen LogP contribution in [0.2, 0.25) is 0 Å². The standard InChI is InChI=1S/C15H16N6/c1-20(15-18-11-16-12-19-15)10-14-17-7-8-21(14)9-13-5-3-2-4-6-13/h2-8,11-12H,9-10H2,1H3. The normalized spacial score (nSPS) is 10.5. The quantitative estimate of drug-likeness (QED) is 0.712. The highest BCUT2D eigenvalue weighted by Crippen LogP contribution is 2.10. The summed E-state index contributed by atoms with van der Waals surface area (Å²) >= 11 is 0. The first-order valence-corrected chi connectivity index (χ1v) is 6.70. The van der Waals surface area contributed by atoms with Crippen molar-refractivity contribution in [2.45, 2.75) is 13.1 Å². The zero-order valence-electron chi connectivity index (χ0n) is 11.8. The molecule has 2 heterocycles. The number of hydrogen-bond donors (Lipinski definition) is 0. The number of anilines is 1. The number of imidazole rings is 1. The van der Waals surface area contributed by atoms with E-state index >= 15 is 0 Å². The van der Waals surface area contributed by atoms with E-state index in [1.807, 2.05) is 42.5 Å². The Morgan fingerprint density at radius 3 is 2.57 bits per heavy atom. The van der Waals surface area contributed by atoms with Crippen molar-refractivity contribution in [3.05, 3.63) is 66.8 Å². The van der Waals surface area contributed by atoms with E-state index in [0.717, 1.165) is 12.4 Å². The summed E-state index contributed by atoms with van der Waals surface area (Å²) in [5.41, 5.74) is 1.25. The van der Waals surface area contributed by atoms with Gasteiger partial charge in [0.25, 0.3) is 0 Å². The van der Waals surface area contributed by atoms with Crippen LogP contribution in [0.25, 0.3) is 0 Å². The van der Waals surface area contributed by atoms with Crippen LogP contribution in [0.1, 0.15) is 11.4 Å². The number of rotatable bonds is 5. The second-order valence-electron chi connectivity index (χ2n) is 4.75. The van der Waals surface area contributed by atoms with Crippen LogP contribution in [-0.2, 0) is 13.1 Å². The third-order valence-corrected chi connectivity index (χ3v) is 3.20. The van der Waals surface area contributed by atoms with Gasteiger partial charge in [-0.25, -0.2) is 19.9 Å². The maximum Gasteiger partial charge on any atom is 0.228 e. The Hall–Kier alpha value is -2.76. The van der Waals surface area contributed by atoms with Gasteiger partial charge in [-0.05, 0) is 5.56 Å². The lowest BCUT2D eigenvalue weighted by Gasteiger charge is -2.17. The van der Waals surface area contributed by atoms with Gasteiger partial charge < -0.3 is 9.47 Å². The molecule has 0 atom stereocenters. The molecule has 0 unspecified atom stereocenters. The molecule has 0 bridgehead atoms. The Balaban J connectivity index is 1.74. The van der Waals surface area contributed by atoms with Crippen LogP contribution in [0.3, 0.4) is 0 Å². The van der Waals surface area contributed by atoms with Crippen molar-refractivity contribution in [1.29, 1.82) is 0 Å². The summed E-state index contributed by atoms with van der Waals surface area (Å²) in [6.45, 7) is 1.45. The summed E-state index contributed by atoms with van der Waals surface area (Å²) in [5, 5.41) is 0. The summed E-state index contributed by atoms with van der Waals surface area (Å²) in [6.07, 6.45) is 6.80. The molecule has 0 radical (unpaired) electrons. The second-order valence-corrected chi connectivity index (χ2v) is 4.75. The van der Waals surface area contributed by atoms with Gasteiger partial charge in [-0.3, -0.25) is 0 Å². The van der Waals surface area contributed by atoms with Gasteiger partial charge >= 0.3 is 0 Å². The van der Waals surface area contributed by atoms with E-state index in [1.54, 1.807) is 0 Å². The molecule has 0 spiro atoms. The fraction of sp³-hybridized carbons (Fsp3) is 0.200. The van der Waals surface area contributed by atoms with Crippen LogP contribution in [0.4, 0.5) is 5.95 Å². The van der Waals surface area contributed by atoms with Gasteiger partial charge in [0.15, 0.2) is 0 Å². The van der Waals surface area contributed by atoms with Crippen molar-refractivity contribution in [3.63, 3.8) is 0 Å². The largest absolute Gasteiger partial charge is 0.336 e. The lowest BCUT2D eigenvalue weighted by molar-refractivity contribution is 0.698. The topological polar surface area (TPSA) is 59.7 Å². The van der Waals surface area contributed by atoms with E-state index in [9.17, 15) is 0 Å². The van der Waals surface area contributed by atoms with Gasteiger partial charge in [0, 0.05) is 26.0 Å². The molecular formula is C15H16N6. The maximum absolute atomic E-state index is 4.43. The Kier molecular flexibility index (Phi) is 3.86. The molecule has 106 valence electrons. The van der Waals surface area contributed by atoms with Gasteiger partial charge in [-0.15, -0.1) is 0 Å². The second kappa shape index (κ2) is 6.13. The SMILES string of the molecule is CN(Cc1nccn1Cc1ccccc1)c1ncncn1. The minimum Gasteiger partial charge on any atom is -0.336 e. The summed E-state index contributed by atoms with van der Waals surface area (Å²) < 4.78 is 2.13. The van der Waals surface area contributed by atoms with E-state index in [-0.39, 0.29) is 0 Å². The monoisotopic (exact) mass is 280 g/mol. The average Bonchev–Trinajstić information content (AvgIpc) is 2.96. The average molecular weight is 280 g/mol. The lowest BCUT2D eigenvalue weighted by Crippen LogP contribution is -2.22. The first-order valence-electron chi connectivity index (χ1n) is 6.70. The van der Waals surface area contributed by atoms with E-state index in [1.165, 1.54) is 18.2 Å². The number of nitrogens with zero attached hydrogens (tertiary/aromatic N) is 6. The van der Waals surface area contributed by atoms with Crippen LogP contribution in [-0.4, -0.2) is 31.6 Å². The molecule has 0 saturated carbocycles. The fourth-order valence-corrected chi connectivity index (χ4v) is 2.13.